The summed E-state index contributed by atoms with van der Waals surface area (Å²) in [7, 11) is 0. The van der Waals surface area contributed by atoms with Gasteiger partial charge in [-0.3, -0.25) is 24.1 Å². The number of amides is 4. The van der Waals surface area contributed by atoms with Crippen LogP contribution in [0.3, 0.4) is 0 Å². The number of ether oxygens (including phenoxy) is 1. The van der Waals surface area contributed by atoms with Crippen molar-refractivity contribution in [1.82, 2.24) is 4.90 Å². The molecule has 160 valence electrons. The minimum absolute atomic E-state index is 0.147. The average Bonchev–Trinajstić information content (AvgIpc) is 2.94. The van der Waals surface area contributed by atoms with Crippen LogP contribution in [0.15, 0.2) is 47.4 Å². The SMILES string of the molecule is Cc1cccc(NC(=O)COc2ccc(/C=C3\SC(=O)N(CC(N)=O)C3=O)cc2Cl)c1. The van der Waals surface area contributed by atoms with Crippen LogP contribution in [-0.4, -0.2) is 41.0 Å². The van der Waals surface area contributed by atoms with Crippen LogP contribution >= 0.6 is 23.4 Å². The van der Waals surface area contributed by atoms with Gasteiger partial charge in [0.15, 0.2) is 6.61 Å². The van der Waals surface area contributed by atoms with E-state index in [1.807, 2.05) is 25.1 Å². The van der Waals surface area contributed by atoms with Crippen LogP contribution in [0.4, 0.5) is 10.5 Å². The van der Waals surface area contributed by atoms with Gasteiger partial charge in [-0.15, -0.1) is 0 Å². The van der Waals surface area contributed by atoms with Gasteiger partial charge < -0.3 is 15.8 Å². The molecule has 8 nitrogen and oxygen atoms in total. The smallest absolute Gasteiger partial charge is 0.294 e. The number of hydrogen-bond donors (Lipinski definition) is 2. The monoisotopic (exact) mass is 459 g/mol. The molecule has 31 heavy (non-hydrogen) atoms. The van der Waals surface area contributed by atoms with Crippen LogP contribution in [0.25, 0.3) is 6.08 Å². The lowest BCUT2D eigenvalue weighted by Crippen LogP contribution is -2.36. The van der Waals surface area contributed by atoms with Crippen LogP contribution in [0.5, 0.6) is 5.75 Å². The highest BCUT2D eigenvalue weighted by Gasteiger charge is 2.35. The van der Waals surface area contributed by atoms with Gasteiger partial charge >= 0.3 is 0 Å². The number of benzene rings is 2. The number of imide groups is 1. The number of carbonyl (C=O) groups is 4. The summed E-state index contributed by atoms with van der Waals surface area (Å²) in [5, 5.41) is 2.39. The number of rotatable bonds is 7. The minimum atomic E-state index is -0.778. The van der Waals surface area contributed by atoms with Gasteiger partial charge in [-0.25, -0.2) is 0 Å². The van der Waals surface area contributed by atoms with Crippen molar-refractivity contribution in [3.8, 4) is 5.75 Å². The summed E-state index contributed by atoms with van der Waals surface area (Å²) in [6.07, 6.45) is 1.48. The van der Waals surface area contributed by atoms with Gasteiger partial charge in [0.05, 0.1) is 9.93 Å². The van der Waals surface area contributed by atoms with E-state index < -0.39 is 23.6 Å². The third-order valence-electron chi connectivity index (χ3n) is 4.10. The second kappa shape index (κ2) is 9.67. The number of nitrogens with zero attached hydrogens (tertiary/aromatic N) is 1. The average molecular weight is 460 g/mol. The standard InChI is InChI=1S/C21H18ClN3O5S/c1-12-3-2-4-14(7-12)24-19(27)11-30-16-6-5-13(8-15(16)22)9-17-20(28)25(10-18(23)26)21(29)31-17/h2-9H,10-11H2,1H3,(H2,23,26)(H,24,27)/b17-9-. The lowest BCUT2D eigenvalue weighted by Gasteiger charge is -2.10. The van der Waals surface area contributed by atoms with E-state index in [0.29, 0.717) is 28.8 Å². The maximum atomic E-state index is 12.3. The fraction of sp³-hybridized carbons (Fsp3) is 0.143. The molecule has 1 aliphatic rings. The lowest BCUT2D eigenvalue weighted by molar-refractivity contribution is -0.127. The number of nitrogens with two attached hydrogens (primary N) is 1. The van der Waals surface area contributed by atoms with Crippen molar-refractivity contribution in [3.63, 3.8) is 0 Å². The number of nitrogens with one attached hydrogen (secondary N) is 1. The molecule has 0 unspecified atom stereocenters. The number of thioether (sulfide) groups is 1. The highest BCUT2D eigenvalue weighted by atomic mass is 35.5. The molecule has 4 amide bonds. The Labute approximate surface area is 187 Å². The number of aryl methyl sites for hydroxylation is 1. The van der Waals surface area contributed by atoms with Crippen molar-refractivity contribution in [1.29, 1.82) is 0 Å². The predicted octanol–water partition coefficient (Wildman–Crippen LogP) is 3.19. The molecule has 0 atom stereocenters. The number of halogens is 1. The Bertz CT molecular complexity index is 1100. The zero-order valence-electron chi connectivity index (χ0n) is 16.4. The van der Waals surface area contributed by atoms with Gasteiger partial charge in [0, 0.05) is 5.69 Å². The highest BCUT2D eigenvalue weighted by molar-refractivity contribution is 8.18. The fourth-order valence-corrected chi connectivity index (χ4v) is 3.81. The van der Waals surface area contributed by atoms with Gasteiger partial charge in [-0.2, -0.15) is 0 Å². The number of primary amides is 1. The minimum Gasteiger partial charge on any atom is -0.482 e. The molecule has 0 radical (unpaired) electrons. The van der Waals surface area contributed by atoms with E-state index in [1.165, 1.54) is 12.1 Å². The summed E-state index contributed by atoms with van der Waals surface area (Å²) >= 11 is 6.93. The summed E-state index contributed by atoms with van der Waals surface area (Å²) in [6, 6.07) is 12.1. The Hall–Kier alpha value is -3.30. The first-order valence-corrected chi connectivity index (χ1v) is 10.2. The van der Waals surface area contributed by atoms with Gasteiger partial charge in [0.1, 0.15) is 12.3 Å². The molecule has 2 aromatic rings. The van der Waals surface area contributed by atoms with Gasteiger partial charge in [0.25, 0.3) is 17.1 Å². The normalized spacial score (nSPS) is 14.8. The molecular formula is C21H18ClN3O5S. The van der Waals surface area contributed by atoms with E-state index in [4.69, 9.17) is 22.1 Å². The van der Waals surface area contributed by atoms with E-state index in [1.54, 1.807) is 18.2 Å². The van der Waals surface area contributed by atoms with Crippen molar-refractivity contribution >= 4 is 58.1 Å². The number of hydrogen-bond acceptors (Lipinski definition) is 6. The van der Waals surface area contributed by atoms with Gasteiger partial charge in [-0.1, -0.05) is 29.8 Å². The Balaban J connectivity index is 1.63. The Morgan fingerprint density at radius 1 is 1.23 bits per heavy atom. The zero-order chi connectivity index (χ0) is 22.5. The van der Waals surface area contributed by atoms with Gasteiger partial charge in [0.2, 0.25) is 5.91 Å². The van der Waals surface area contributed by atoms with Crippen molar-refractivity contribution in [2.24, 2.45) is 5.73 Å². The quantitative estimate of drug-likeness (QED) is 0.614. The molecule has 1 heterocycles. The first-order valence-electron chi connectivity index (χ1n) is 9.05. The second-order valence-corrected chi connectivity index (χ2v) is 8.03. The van der Waals surface area contributed by atoms with Crippen molar-refractivity contribution in [3.05, 3.63) is 63.5 Å². The summed E-state index contributed by atoms with van der Waals surface area (Å²) in [5.41, 5.74) is 7.29. The number of anilines is 1. The largest absolute Gasteiger partial charge is 0.482 e. The van der Waals surface area contributed by atoms with Crippen molar-refractivity contribution in [2.45, 2.75) is 6.92 Å². The molecule has 1 fully saturated rings. The first-order chi connectivity index (χ1) is 14.7. The van der Waals surface area contributed by atoms with Gasteiger partial charge in [-0.05, 0) is 60.2 Å². The highest BCUT2D eigenvalue weighted by Crippen LogP contribution is 2.33. The molecule has 0 aliphatic carbocycles. The van der Waals surface area contributed by atoms with Crippen LogP contribution in [-0.2, 0) is 14.4 Å². The van der Waals surface area contributed by atoms with Crippen LogP contribution in [0.1, 0.15) is 11.1 Å². The second-order valence-electron chi connectivity index (χ2n) is 6.63. The molecule has 0 saturated carbocycles. The molecule has 0 spiro atoms. The van der Waals surface area contributed by atoms with E-state index in [-0.39, 0.29) is 22.4 Å². The first kappa shape index (κ1) is 22.4. The Morgan fingerprint density at radius 2 is 2.00 bits per heavy atom. The predicted molar refractivity (Wildman–Crippen MR) is 119 cm³/mol. The molecule has 3 N–H and O–H groups in total. The third-order valence-corrected chi connectivity index (χ3v) is 5.30. The molecule has 2 aromatic carbocycles. The molecule has 10 heteroatoms. The van der Waals surface area contributed by atoms with E-state index in [0.717, 1.165) is 10.5 Å². The zero-order valence-corrected chi connectivity index (χ0v) is 18.0. The number of carbonyl (C=O) groups excluding carboxylic acids is 4. The molecule has 0 bridgehead atoms. The van der Waals surface area contributed by atoms with Crippen LogP contribution in [0.2, 0.25) is 5.02 Å². The summed E-state index contributed by atoms with van der Waals surface area (Å²) in [4.78, 5) is 48.2. The van der Waals surface area contributed by atoms with Crippen molar-refractivity contribution in [2.75, 3.05) is 18.5 Å². The maximum absolute atomic E-state index is 12.3. The van der Waals surface area contributed by atoms with E-state index in [2.05, 4.69) is 5.32 Å². The fourth-order valence-electron chi connectivity index (χ4n) is 2.73. The van der Waals surface area contributed by atoms with E-state index in [9.17, 15) is 19.2 Å². The third kappa shape index (κ3) is 5.87. The van der Waals surface area contributed by atoms with Crippen LogP contribution in [0, 0.1) is 6.92 Å². The summed E-state index contributed by atoms with van der Waals surface area (Å²) in [5.74, 6) is -1.42. The van der Waals surface area contributed by atoms with Crippen LogP contribution < -0.4 is 15.8 Å². The Morgan fingerprint density at radius 3 is 2.68 bits per heavy atom. The molecule has 1 aliphatic heterocycles. The maximum Gasteiger partial charge on any atom is 0.294 e. The molecule has 0 aromatic heterocycles. The summed E-state index contributed by atoms with van der Waals surface area (Å²) in [6.45, 7) is 1.21. The molecule has 3 rings (SSSR count). The molecule has 1 saturated heterocycles. The Kier molecular flexibility index (Phi) is 6.98. The topological polar surface area (TPSA) is 119 Å². The molecular weight excluding hydrogens is 442 g/mol. The lowest BCUT2D eigenvalue weighted by atomic mass is 10.2. The van der Waals surface area contributed by atoms with E-state index >= 15 is 0 Å². The van der Waals surface area contributed by atoms with Crippen molar-refractivity contribution < 1.29 is 23.9 Å². The summed E-state index contributed by atoms with van der Waals surface area (Å²) < 4.78 is 5.47.